The smallest absolute Gasteiger partial charge is 0.255 e. The summed E-state index contributed by atoms with van der Waals surface area (Å²) in [7, 11) is 0. The SMILES string of the molecule is Cc1cc(C(=O)N2CCC(C(=O)N3CCCCC3)CC2)c(C)n1-c1cccc(C(C)C)c1. The highest BCUT2D eigenvalue weighted by molar-refractivity contribution is 5.96. The highest BCUT2D eigenvalue weighted by atomic mass is 16.2. The molecular formula is C27H37N3O2. The first-order valence-corrected chi connectivity index (χ1v) is 12.2. The summed E-state index contributed by atoms with van der Waals surface area (Å²) in [6.45, 7) is 11.6. The number of aromatic nitrogens is 1. The van der Waals surface area contributed by atoms with Crippen molar-refractivity contribution < 1.29 is 9.59 Å². The number of piperidine rings is 2. The van der Waals surface area contributed by atoms with Crippen LogP contribution in [0, 0.1) is 19.8 Å². The van der Waals surface area contributed by atoms with Crippen LogP contribution in [-0.4, -0.2) is 52.4 Å². The predicted octanol–water partition coefficient (Wildman–Crippen LogP) is 5.08. The van der Waals surface area contributed by atoms with Crippen molar-refractivity contribution >= 4 is 11.8 Å². The Kier molecular flexibility index (Phi) is 6.73. The number of benzene rings is 1. The van der Waals surface area contributed by atoms with Gasteiger partial charge in [0, 0.05) is 49.2 Å². The zero-order valence-electron chi connectivity index (χ0n) is 20.1. The van der Waals surface area contributed by atoms with Crippen LogP contribution in [0.1, 0.15) is 79.2 Å². The number of rotatable bonds is 4. The van der Waals surface area contributed by atoms with Crippen molar-refractivity contribution in [2.24, 2.45) is 5.92 Å². The third-order valence-corrected chi connectivity index (χ3v) is 7.26. The van der Waals surface area contributed by atoms with Gasteiger partial charge < -0.3 is 14.4 Å². The van der Waals surface area contributed by atoms with E-state index in [1.54, 1.807) is 0 Å². The number of carbonyl (C=O) groups excluding carboxylic acids is 2. The molecule has 5 heteroatoms. The van der Waals surface area contributed by atoms with Gasteiger partial charge in [-0.3, -0.25) is 9.59 Å². The van der Waals surface area contributed by atoms with Gasteiger partial charge in [-0.1, -0.05) is 26.0 Å². The highest BCUT2D eigenvalue weighted by Crippen LogP contribution is 2.27. The van der Waals surface area contributed by atoms with Gasteiger partial charge in [-0.05, 0) is 75.6 Å². The third kappa shape index (κ3) is 4.48. The van der Waals surface area contributed by atoms with E-state index in [1.807, 2.05) is 22.8 Å². The lowest BCUT2D eigenvalue weighted by molar-refractivity contribution is -0.137. The maximum Gasteiger partial charge on any atom is 0.255 e. The molecule has 3 heterocycles. The molecule has 0 bridgehead atoms. The summed E-state index contributed by atoms with van der Waals surface area (Å²) in [4.78, 5) is 30.2. The van der Waals surface area contributed by atoms with Gasteiger partial charge in [0.05, 0.1) is 5.56 Å². The lowest BCUT2D eigenvalue weighted by Gasteiger charge is -2.35. The van der Waals surface area contributed by atoms with Gasteiger partial charge in [0.15, 0.2) is 0 Å². The van der Waals surface area contributed by atoms with E-state index in [9.17, 15) is 9.59 Å². The molecule has 1 aromatic carbocycles. The predicted molar refractivity (Wildman–Crippen MR) is 128 cm³/mol. The Hall–Kier alpha value is -2.56. The lowest BCUT2D eigenvalue weighted by Crippen LogP contribution is -2.45. The van der Waals surface area contributed by atoms with E-state index in [0.717, 1.165) is 61.4 Å². The molecule has 2 fully saturated rings. The normalized spacial score (nSPS) is 17.8. The van der Waals surface area contributed by atoms with Crippen LogP contribution in [0.25, 0.3) is 5.69 Å². The standard InChI is InChI=1S/C27H37N3O2/c1-19(2)23-9-8-10-24(18-23)30-20(3)17-25(21(30)4)27(32)29-15-11-22(12-16-29)26(31)28-13-6-5-7-14-28/h8-10,17-19,22H,5-7,11-16H2,1-4H3. The number of hydrogen-bond acceptors (Lipinski definition) is 2. The lowest BCUT2D eigenvalue weighted by atomic mass is 9.94. The van der Waals surface area contributed by atoms with E-state index in [-0.39, 0.29) is 11.8 Å². The highest BCUT2D eigenvalue weighted by Gasteiger charge is 2.32. The van der Waals surface area contributed by atoms with Crippen LogP contribution in [0.2, 0.25) is 0 Å². The van der Waals surface area contributed by atoms with Crippen LogP contribution in [0.15, 0.2) is 30.3 Å². The van der Waals surface area contributed by atoms with Crippen LogP contribution in [0.4, 0.5) is 0 Å². The minimum absolute atomic E-state index is 0.0726. The van der Waals surface area contributed by atoms with E-state index in [2.05, 4.69) is 49.6 Å². The van der Waals surface area contributed by atoms with Gasteiger partial charge in [0.1, 0.15) is 0 Å². The van der Waals surface area contributed by atoms with Gasteiger partial charge in [-0.15, -0.1) is 0 Å². The number of hydrogen-bond donors (Lipinski definition) is 0. The summed E-state index contributed by atoms with van der Waals surface area (Å²) >= 11 is 0. The number of likely N-dealkylation sites (tertiary alicyclic amines) is 2. The maximum absolute atomic E-state index is 13.4. The molecule has 4 rings (SSSR count). The van der Waals surface area contributed by atoms with E-state index in [4.69, 9.17) is 0 Å². The van der Waals surface area contributed by atoms with Gasteiger partial charge in [0.25, 0.3) is 5.91 Å². The average molecular weight is 436 g/mol. The Morgan fingerprint density at radius 1 is 0.906 bits per heavy atom. The molecule has 0 atom stereocenters. The van der Waals surface area contributed by atoms with E-state index >= 15 is 0 Å². The Balaban J connectivity index is 1.46. The van der Waals surface area contributed by atoms with Crippen LogP contribution in [0.3, 0.4) is 0 Å². The zero-order valence-corrected chi connectivity index (χ0v) is 20.1. The van der Waals surface area contributed by atoms with Crippen molar-refractivity contribution in [1.29, 1.82) is 0 Å². The number of carbonyl (C=O) groups is 2. The molecule has 2 amide bonds. The van der Waals surface area contributed by atoms with Crippen LogP contribution in [0.5, 0.6) is 0 Å². The average Bonchev–Trinajstić information content (AvgIpc) is 3.12. The van der Waals surface area contributed by atoms with Crippen molar-refractivity contribution in [2.75, 3.05) is 26.2 Å². The summed E-state index contributed by atoms with van der Waals surface area (Å²) in [5.74, 6) is 0.928. The molecule has 2 aliphatic heterocycles. The largest absolute Gasteiger partial charge is 0.342 e. The van der Waals surface area contributed by atoms with E-state index < -0.39 is 0 Å². The van der Waals surface area contributed by atoms with Gasteiger partial charge in [0.2, 0.25) is 5.91 Å². The first-order valence-electron chi connectivity index (χ1n) is 12.2. The first kappa shape index (κ1) is 22.6. The first-order chi connectivity index (χ1) is 15.4. The van der Waals surface area contributed by atoms with Gasteiger partial charge in [-0.25, -0.2) is 0 Å². The van der Waals surface area contributed by atoms with Crippen LogP contribution < -0.4 is 0 Å². The second-order valence-electron chi connectivity index (χ2n) is 9.82. The van der Waals surface area contributed by atoms with Gasteiger partial charge in [-0.2, -0.15) is 0 Å². The quantitative estimate of drug-likeness (QED) is 0.672. The summed E-state index contributed by atoms with van der Waals surface area (Å²) in [5, 5.41) is 0. The Morgan fingerprint density at radius 2 is 1.59 bits per heavy atom. The van der Waals surface area contributed by atoms with Crippen molar-refractivity contribution in [3.63, 3.8) is 0 Å². The molecule has 2 aromatic rings. The Labute approximate surface area is 192 Å². The molecule has 2 aliphatic rings. The fourth-order valence-electron chi connectivity index (χ4n) is 5.27. The number of amides is 2. The molecule has 1 aromatic heterocycles. The second-order valence-corrected chi connectivity index (χ2v) is 9.82. The second kappa shape index (κ2) is 9.51. The van der Waals surface area contributed by atoms with Crippen LogP contribution in [-0.2, 0) is 4.79 Å². The fraction of sp³-hybridized carbons (Fsp3) is 0.556. The molecule has 172 valence electrons. The number of aryl methyl sites for hydroxylation is 1. The van der Waals surface area contributed by atoms with E-state index in [1.165, 1.54) is 12.0 Å². The minimum atomic E-state index is 0.0726. The Bertz CT molecular complexity index is 977. The molecular weight excluding hydrogens is 398 g/mol. The molecule has 5 nitrogen and oxygen atoms in total. The van der Waals surface area contributed by atoms with Crippen LogP contribution >= 0.6 is 0 Å². The molecule has 0 saturated carbocycles. The topological polar surface area (TPSA) is 45.6 Å². The van der Waals surface area contributed by atoms with Gasteiger partial charge >= 0.3 is 0 Å². The molecule has 0 unspecified atom stereocenters. The van der Waals surface area contributed by atoms with Crippen molar-refractivity contribution in [3.8, 4) is 5.69 Å². The summed E-state index contributed by atoms with van der Waals surface area (Å²) in [6, 6.07) is 10.6. The molecule has 2 saturated heterocycles. The maximum atomic E-state index is 13.4. The van der Waals surface area contributed by atoms with E-state index in [0.29, 0.717) is 24.9 Å². The Morgan fingerprint density at radius 3 is 2.25 bits per heavy atom. The zero-order chi connectivity index (χ0) is 22.8. The fourth-order valence-corrected chi connectivity index (χ4v) is 5.27. The van der Waals surface area contributed by atoms with Crippen molar-refractivity contribution in [1.82, 2.24) is 14.4 Å². The molecule has 0 aliphatic carbocycles. The molecule has 0 radical (unpaired) electrons. The molecule has 32 heavy (non-hydrogen) atoms. The third-order valence-electron chi connectivity index (χ3n) is 7.26. The molecule has 0 N–H and O–H groups in total. The monoisotopic (exact) mass is 435 g/mol. The minimum Gasteiger partial charge on any atom is -0.342 e. The number of nitrogens with zero attached hydrogens (tertiary/aromatic N) is 3. The summed E-state index contributed by atoms with van der Waals surface area (Å²) in [5.41, 5.74) is 5.24. The summed E-state index contributed by atoms with van der Waals surface area (Å²) < 4.78 is 2.19. The molecule has 0 spiro atoms. The van der Waals surface area contributed by atoms with Crippen molar-refractivity contribution in [3.05, 3.63) is 52.8 Å². The van der Waals surface area contributed by atoms with Crippen molar-refractivity contribution in [2.45, 2.75) is 65.7 Å². The summed E-state index contributed by atoms with van der Waals surface area (Å²) in [6.07, 6.45) is 5.03.